The van der Waals surface area contributed by atoms with Crippen LogP contribution in [0.5, 0.6) is 0 Å². The number of piperidine rings is 1. The van der Waals surface area contributed by atoms with Gasteiger partial charge in [0, 0.05) is 24.7 Å². The molecule has 1 aromatic carbocycles. The summed E-state index contributed by atoms with van der Waals surface area (Å²) in [5.41, 5.74) is 1.04. The third-order valence-electron chi connectivity index (χ3n) is 4.41. The van der Waals surface area contributed by atoms with Crippen LogP contribution in [0, 0.1) is 5.92 Å². The number of hydrogen-bond acceptors (Lipinski definition) is 5. The molecule has 2 rings (SSSR count). The Morgan fingerprint density at radius 3 is 2.31 bits per heavy atom. The molecule has 1 heterocycles. The standard InChI is InChI=1S/C18H26N2O5S/c1-3-13-25-18(22)15-5-7-16(8-6-15)19-17(21)14-9-11-20(12-10-14)26(23,24)4-2/h5-8,14H,3-4,9-13H2,1-2H3,(H,19,21). The Balaban J connectivity index is 1.87. The van der Waals surface area contributed by atoms with Crippen molar-refractivity contribution in [2.24, 2.45) is 5.92 Å². The van der Waals surface area contributed by atoms with Crippen molar-refractivity contribution in [3.63, 3.8) is 0 Å². The highest BCUT2D eigenvalue weighted by atomic mass is 32.2. The van der Waals surface area contributed by atoms with Crippen LogP contribution in [0.3, 0.4) is 0 Å². The third kappa shape index (κ3) is 5.28. The van der Waals surface area contributed by atoms with E-state index in [4.69, 9.17) is 4.74 Å². The van der Waals surface area contributed by atoms with Crippen LogP contribution in [0.2, 0.25) is 0 Å². The van der Waals surface area contributed by atoms with E-state index in [1.807, 2.05) is 6.92 Å². The fraction of sp³-hybridized carbons (Fsp3) is 0.556. The predicted molar refractivity (Wildman–Crippen MR) is 99.4 cm³/mol. The zero-order chi connectivity index (χ0) is 19.2. The molecule has 0 saturated carbocycles. The minimum Gasteiger partial charge on any atom is -0.462 e. The molecule has 1 N–H and O–H groups in total. The first-order valence-corrected chi connectivity index (χ1v) is 10.5. The zero-order valence-electron chi connectivity index (χ0n) is 15.2. The van der Waals surface area contributed by atoms with Crippen LogP contribution >= 0.6 is 0 Å². The van der Waals surface area contributed by atoms with Gasteiger partial charge in [-0.25, -0.2) is 17.5 Å². The van der Waals surface area contributed by atoms with Crippen LogP contribution in [0.15, 0.2) is 24.3 Å². The quantitative estimate of drug-likeness (QED) is 0.730. The molecule has 1 aromatic rings. The second-order valence-electron chi connectivity index (χ2n) is 6.28. The SMILES string of the molecule is CCCOC(=O)c1ccc(NC(=O)C2CCN(S(=O)(=O)CC)CC2)cc1. The monoisotopic (exact) mass is 382 g/mol. The Hall–Kier alpha value is -1.93. The van der Waals surface area contributed by atoms with Crippen LogP contribution < -0.4 is 5.32 Å². The van der Waals surface area contributed by atoms with Gasteiger partial charge in [0.05, 0.1) is 17.9 Å². The predicted octanol–water partition coefficient (Wildman–Crippen LogP) is 2.25. The molecule has 0 bridgehead atoms. The average Bonchev–Trinajstić information content (AvgIpc) is 2.66. The third-order valence-corrected chi connectivity index (χ3v) is 6.29. The molecule has 1 saturated heterocycles. The van der Waals surface area contributed by atoms with Gasteiger partial charge in [-0.05, 0) is 50.5 Å². The molecule has 0 spiro atoms. The highest BCUT2D eigenvalue weighted by Crippen LogP contribution is 2.22. The van der Waals surface area contributed by atoms with E-state index in [1.165, 1.54) is 4.31 Å². The molecule has 8 heteroatoms. The molecule has 0 aliphatic carbocycles. The van der Waals surface area contributed by atoms with Crippen molar-refractivity contribution < 1.29 is 22.7 Å². The molecule has 0 radical (unpaired) electrons. The van der Waals surface area contributed by atoms with Crippen LogP contribution in [0.1, 0.15) is 43.5 Å². The maximum atomic E-state index is 12.4. The molecule has 26 heavy (non-hydrogen) atoms. The Morgan fingerprint density at radius 2 is 1.77 bits per heavy atom. The molecular formula is C18H26N2O5S. The Kier molecular flexibility index (Phi) is 7.16. The van der Waals surface area contributed by atoms with Crippen molar-refractivity contribution in [2.45, 2.75) is 33.1 Å². The second-order valence-corrected chi connectivity index (χ2v) is 8.53. The lowest BCUT2D eigenvalue weighted by Crippen LogP contribution is -2.42. The van der Waals surface area contributed by atoms with Gasteiger partial charge >= 0.3 is 5.97 Å². The van der Waals surface area contributed by atoms with E-state index in [1.54, 1.807) is 31.2 Å². The molecule has 0 atom stereocenters. The number of benzene rings is 1. The maximum absolute atomic E-state index is 12.4. The van der Waals surface area contributed by atoms with E-state index in [-0.39, 0.29) is 23.5 Å². The highest BCUT2D eigenvalue weighted by molar-refractivity contribution is 7.89. The van der Waals surface area contributed by atoms with E-state index in [2.05, 4.69) is 5.32 Å². The van der Waals surface area contributed by atoms with Gasteiger partial charge in [-0.3, -0.25) is 4.79 Å². The number of esters is 1. The molecule has 1 aliphatic heterocycles. The first kappa shape index (κ1) is 20.4. The topological polar surface area (TPSA) is 92.8 Å². The number of carbonyl (C=O) groups is 2. The number of amides is 1. The number of carbonyl (C=O) groups excluding carboxylic acids is 2. The summed E-state index contributed by atoms with van der Waals surface area (Å²) in [6.07, 6.45) is 1.78. The van der Waals surface area contributed by atoms with Crippen LogP contribution in [0.4, 0.5) is 5.69 Å². The maximum Gasteiger partial charge on any atom is 0.338 e. The van der Waals surface area contributed by atoms with Crippen molar-refractivity contribution in [3.8, 4) is 0 Å². The minimum atomic E-state index is -3.19. The second kappa shape index (κ2) is 9.14. The van der Waals surface area contributed by atoms with Gasteiger partial charge in [-0.15, -0.1) is 0 Å². The largest absolute Gasteiger partial charge is 0.462 e. The Labute approximate surface area is 154 Å². The number of ether oxygens (including phenoxy) is 1. The van der Waals surface area contributed by atoms with Crippen LogP contribution in [-0.2, 0) is 19.6 Å². The van der Waals surface area contributed by atoms with E-state index >= 15 is 0 Å². The number of nitrogens with zero attached hydrogens (tertiary/aromatic N) is 1. The summed E-state index contributed by atoms with van der Waals surface area (Å²) in [6, 6.07) is 6.56. The van der Waals surface area contributed by atoms with Gasteiger partial charge in [-0.2, -0.15) is 0 Å². The zero-order valence-corrected chi connectivity index (χ0v) is 16.0. The van der Waals surface area contributed by atoms with E-state index < -0.39 is 10.0 Å². The first-order chi connectivity index (χ1) is 12.4. The summed E-state index contributed by atoms with van der Waals surface area (Å²) in [4.78, 5) is 24.1. The van der Waals surface area contributed by atoms with Gasteiger partial charge in [0.2, 0.25) is 15.9 Å². The lowest BCUT2D eigenvalue weighted by molar-refractivity contribution is -0.120. The normalized spacial score (nSPS) is 16.2. The lowest BCUT2D eigenvalue weighted by Gasteiger charge is -2.30. The number of anilines is 1. The molecule has 1 amide bonds. The van der Waals surface area contributed by atoms with E-state index in [9.17, 15) is 18.0 Å². The van der Waals surface area contributed by atoms with E-state index in [0.717, 1.165) is 6.42 Å². The van der Waals surface area contributed by atoms with Crippen molar-refractivity contribution in [1.82, 2.24) is 4.31 Å². The van der Waals surface area contributed by atoms with Crippen molar-refractivity contribution in [3.05, 3.63) is 29.8 Å². The molecular weight excluding hydrogens is 356 g/mol. The number of hydrogen-bond donors (Lipinski definition) is 1. The van der Waals surface area contributed by atoms with Gasteiger partial charge in [0.1, 0.15) is 0 Å². The smallest absolute Gasteiger partial charge is 0.338 e. The summed E-state index contributed by atoms with van der Waals surface area (Å²) in [5, 5.41) is 2.83. The van der Waals surface area contributed by atoms with Gasteiger partial charge in [-0.1, -0.05) is 6.92 Å². The van der Waals surface area contributed by atoms with Crippen LogP contribution in [0.25, 0.3) is 0 Å². The fourth-order valence-corrected chi connectivity index (χ4v) is 3.92. The molecule has 7 nitrogen and oxygen atoms in total. The molecule has 144 valence electrons. The number of rotatable bonds is 7. The summed E-state index contributed by atoms with van der Waals surface area (Å²) in [7, 11) is -3.19. The van der Waals surface area contributed by atoms with Gasteiger partial charge < -0.3 is 10.1 Å². The summed E-state index contributed by atoms with van der Waals surface area (Å²) < 4.78 is 30.2. The molecule has 0 unspecified atom stereocenters. The summed E-state index contributed by atoms with van der Waals surface area (Å²) in [5.74, 6) is -0.640. The minimum absolute atomic E-state index is 0.0803. The number of nitrogens with one attached hydrogen (secondary N) is 1. The van der Waals surface area contributed by atoms with E-state index in [0.29, 0.717) is 43.8 Å². The lowest BCUT2D eigenvalue weighted by atomic mass is 9.97. The van der Waals surface area contributed by atoms with Crippen molar-refractivity contribution in [1.29, 1.82) is 0 Å². The highest BCUT2D eigenvalue weighted by Gasteiger charge is 2.30. The van der Waals surface area contributed by atoms with Gasteiger partial charge in [0.25, 0.3) is 0 Å². The number of sulfonamides is 1. The average molecular weight is 382 g/mol. The fourth-order valence-electron chi connectivity index (χ4n) is 2.79. The molecule has 0 aromatic heterocycles. The van der Waals surface area contributed by atoms with Crippen LogP contribution in [-0.4, -0.2) is 50.0 Å². The van der Waals surface area contributed by atoms with Crippen molar-refractivity contribution in [2.75, 3.05) is 30.8 Å². The Bertz CT molecular complexity index is 722. The Morgan fingerprint density at radius 1 is 1.15 bits per heavy atom. The van der Waals surface area contributed by atoms with Gasteiger partial charge in [0.15, 0.2) is 0 Å². The molecule has 1 fully saturated rings. The summed E-state index contributed by atoms with van der Waals surface area (Å²) >= 11 is 0. The molecule has 1 aliphatic rings. The first-order valence-electron chi connectivity index (χ1n) is 8.93. The van der Waals surface area contributed by atoms with Crippen molar-refractivity contribution >= 4 is 27.6 Å². The summed E-state index contributed by atoms with van der Waals surface area (Å²) in [6.45, 7) is 4.67.